The lowest BCUT2D eigenvalue weighted by atomic mass is 9.69. The highest BCUT2D eigenvalue weighted by molar-refractivity contribution is 9.10. The Balaban J connectivity index is 1.38. The van der Waals surface area contributed by atoms with Gasteiger partial charge in [-0.3, -0.25) is 4.79 Å². The Kier molecular flexibility index (Phi) is 10.6. The minimum atomic E-state index is -0.235. The van der Waals surface area contributed by atoms with Gasteiger partial charge in [0.1, 0.15) is 17.7 Å². The molecule has 2 N–H and O–H groups in total. The van der Waals surface area contributed by atoms with Crippen LogP contribution in [-0.4, -0.2) is 19.0 Å². The van der Waals surface area contributed by atoms with E-state index in [0.29, 0.717) is 0 Å². The first kappa shape index (κ1) is 29.3. The minimum Gasteiger partial charge on any atom is -0.486 e. The normalized spacial score (nSPS) is 15.6. The van der Waals surface area contributed by atoms with Crippen LogP contribution in [0.4, 0.5) is 10.1 Å². The van der Waals surface area contributed by atoms with Crippen molar-refractivity contribution >= 4 is 27.5 Å². The summed E-state index contributed by atoms with van der Waals surface area (Å²) in [5.74, 6) is 0.576. The fourth-order valence-corrected chi connectivity index (χ4v) is 5.68. The number of ether oxygens (including phenoxy) is 1. The van der Waals surface area contributed by atoms with Crippen LogP contribution in [-0.2, 0) is 10.2 Å². The summed E-state index contributed by atoms with van der Waals surface area (Å²) in [5.41, 5.74) is 3.33. The van der Waals surface area contributed by atoms with Gasteiger partial charge < -0.3 is 15.4 Å². The first-order chi connectivity index (χ1) is 18.8. The Labute approximate surface area is 240 Å². The summed E-state index contributed by atoms with van der Waals surface area (Å²) in [6.07, 6.45) is 7.30. The average Bonchev–Trinajstić information content (AvgIpc) is 2.94. The molecule has 0 aliphatic carbocycles. The van der Waals surface area contributed by atoms with Gasteiger partial charge in [-0.25, -0.2) is 4.39 Å². The van der Waals surface area contributed by atoms with E-state index in [9.17, 15) is 9.18 Å². The standard InChI is InChI=1S/C33H40BrFN2O2/c1-24(2)32(38)37-29-8-6-7-26(23-29)33(19-21-36-22-20-33)18-5-3-4-9-31(25-10-14-28(35)15-11-25)39-30-16-12-27(34)13-17-30/h6-8,10-17,23-24,31,36H,3-5,9,18-22H2,1-2H3,(H,37,38). The number of hydrogen-bond donors (Lipinski definition) is 2. The molecule has 1 unspecified atom stereocenters. The quantitative estimate of drug-likeness (QED) is 0.206. The van der Waals surface area contributed by atoms with E-state index in [1.54, 1.807) is 0 Å². The van der Waals surface area contributed by atoms with Crippen LogP contribution >= 0.6 is 15.9 Å². The van der Waals surface area contributed by atoms with Crippen LogP contribution in [0.15, 0.2) is 77.3 Å². The maximum absolute atomic E-state index is 13.6. The van der Waals surface area contributed by atoms with Crippen molar-refractivity contribution in [1.82, 2.24) is 5.32 Å². The topological polar surface area (TPSA) is 50.4 Å². The lowest BCUT2D eigenvalue weighted by molar-refractivity contribution is -0.118. The molecule has 0 saturated carbocycles. The second-order valence-corrected chi connectivity index (χ2v) is 11.9. The zero-order valence-electron chi connectivity index (χ0n) is 23.0. The average molecular weight is 596 g/mol. The van der Waals surface area contributed by atoms with Crippen LogP contribution in [0.1, 0.15) is 76.0 Å². The zero-order valence-corrected chi connectivity index (χ0v) is 24.6. The molecule has 3 aromatic carbocycles. The van der Waals surface area contributed by atoms with Crippen molar-refractivity contribution in [2.24, 2.45) is 5.92 Å². The number of rotatable bonds is 12. The Bertz CT molecular complexity index is 1190. The van der Waals surface area contributed by atoms with Gasteiger partial charge >= 0.3 is 0 Å². The molecule has 0 radical (unpaired) electrons. The summed E-state index contributed by atoms with van der Waals surface area (Å²) in [5, 5.41) is 6.59. The number of unbranched alkanes of at least 4 members (excludes halogenated alkanes) is 2. The minimum absolute atomic E-state index is 0.0482. The number of carbonyl (C=O) groups excluding carboxylic acids is 1. The molecule has 1 aliphatic heterocycles. The lowest BCUT2D eigenvalue weighted by Gasteiger charge is -2.39. The monoisotopic (exact) mass is 594 g/mol. The van der Waals surface area contributed by atoms with Crippen molar-refractivity contribution in [2.75, 3.05) is 18.4 Å². The van der Waals surface area contributed by atoms with E-state index in [1.807, 2.05) is 56.3 Å². The second kappa shape index (κ2) is 14.1. The van der Waals surface area contributed by atoms with E-state index in [0.717, 1.165) is 79.5 Å². The van der Waals surface area contributed by atoms with E-state index in [-0.39, 0.29) is 29.2 Å². The zero-order chi connectivity index (χ0) is 27.7. The Morgan fingerprint density at radius 3 is 2.41 bits per heavy atom. The predicted octanol–water partition coefficient (Wildman–Crippen LogP) is 8.57. The first-order valence-corrected chi connectivity index (χ1v) is 14.9. The number of benzene rings is 3. The number of hydrogen-bond acceptors (Lipinski definition) is 3. The van der Waals surface area contributed by atoms with Gasteiger partial charge in [-0.1, -0.05) is 66.9 Å². The highest BCUT2D eigenvalue weighted by atomic mass is 79.9. The maximum atomic E-state index is 13.6. The summed E-state index contributed by atoms with van der Waals surface area (Å²) in [6, 6.07) is 23.0. The smallest absolute Gasteiger partial charge is 0.226 e. The summed E-state index contributed by atoms with van der Waals surface area (Å²) in [7, 11) is 0. The van der Waals surface area contributed by atoms with Gasteiger partial charge in [-0.15, -0.1) is 0 Å². The predicted molar refractivity (Wildman–Crippen MR) is 161 cm³/mol. The van der Waals surface area contributed by atoms with Gasteiger partial charge in [0.05, 0.1) is 0 Å². The summed E-state index contributed by atoms with van der Waals surface area (Å²) >= 11 is 3.48. The number of nitrogens with one attached hydrogen (secondary N) is 2. The van der Waals surface area contributed by atoms with Gasteiger partial charge in [0.15, 0.2) is 0 Å². The van der Waals surface area contributed by atoms with Crippen molar-refractivity contribution in [3.63, 3.8) is 0 Å². The number of amides is 1. The number of piperidine rings is 1. The van der Waals surface area contributed by atoms with Gasteiger partial charge in [0.25, 0.3) is 0 Å². The van der Waals surface area contributed by atoms with Gasteiger partial charge in [-0.05, 0) is 110 Å². The molecule has 3 aromatic rings. The SMILES string of the molecule is CC(C)C(=O)Nc1cccc(C2(CCCCCC(Oc3ccc(Br)cc3)c3ccc(F)cc3)CCNCC2)c1. The van der Waals surface area contributed by atoms with E-state index < -0.39 is 0 Å². The van der Waals surface area contributed by atoms with Crippen LogP contribution in [0.3, 0.4) is 0 Å². The molecule has 208 valence electrons. The van der Waals surface area contributed by atoms with Crippen LogP contribution in [0.5, 0.6) is 5.75 Å². The molecule has 0 spiro atoms. The third-order valence-corrected chi connectivity index (χ3v) is 8.31. The fourth-order valence-electron chi connectivity index (χ4n) is 5.42. The largest absolute Gasteiger partial charge is 0.486 e. The molecule has 0 aromatic heterocycles. The van der Waals surface area contributed by atoms with E-state index >= 15 is 0 Å². The molecular formula is C33H40BrFN2O2. The highest BCUT2D eigenvalue weighted by Gasteiger charge is 2.33. The van der Waals surface area contributed by atoms with Crippen molar-refractivity contribution < 1.29 is 13.9 Å². The van der Waals surface area contributed by atoms with Crippen molar-refractivity contribution in [3.05, 3.63) is 94.2 Å². The van der Waals surface area contributed by atoms with E-state index in [4.69, 9.17) is 4.74 Å². The number of carbonyl (C=O) groups is 1. The van der Waals surface area contributed by atoms with Crippen molar-refractivity contribution in [2.45, 2.75) is 70.3 Å². The molecule has 1 heterocycles. The van der Waals surface area contributed by atoms with E-state index in [1.165, 1.54) is 17.7 Å². The fraction of sp³-hybridized carbons (Fsp3) is 0.424. The van der Waals surface area contributed by atoms with Gasteiger partial charge in [-0.2, -0.15) is 0 Å². The molecule has 4 rings (SSSR count). The highest BCUT2D eigenvalue weighted by Crippen LogP contribution is 2.40. The van der Waals surface area contributed by atoms with Crippen molar-refractivity contribution in [1.29, 1.82) is 0 Å². The molecule has 39 heavy (non-hydrogen) atoms. The molecule has 0 bridgehead atoms. The molecule has 1 saturated heterocycles. The molecule has 1 atom stereocenters. The van der Waals surface area contributed by atoms with Gasteiger partial charge in [0, 0.05) is 16.1 Å². The second-order valence-electron chi connectivity index (χ2n) is 11.0. The Morgan fingerprint density at radius 1 is 1.00 bits per heavy atom. The van der Waals surface area contributed by atoms with Gasteiger partial charge in [0.2, 0.25) is 5.91 Å². The van der Waals surface area contributed by atoms with Crippen LogP contribution in [0, 0.1) is 11.7 Å². The molecular weight excluding hydrogens is 555 g/mol. The number of anilines is 1. The third-order valence-electron chi connectivity index (χ3n) is 7.78. The summed E-state index contributed by atoms with van der Waals surface area (Å²) in [6.45, 7) is 5.85. The molecule has 1 aliphatic rings. The maximum Gasteiger partial charge on any atom is 0.226 e. The van der Waals surface area contributed by atoms with Crippen LogP contribution in [0.25, 0.3) is 0 Å². The summed E-state index contributed by atoms with van der Waals surface area (Å²) in [4.78, 5) is 12.3. The third kappa shape index (κ3) is 8.39. The van der Waals surface area contributed by atoms with E-state index in [2.05, 4.69) is 44.8 Å². The van der Waals surface area contributed by atoms with Crippen LogP contribution in [0.2, 0.25) is 0 Å². The summed E-state index contributed by atoms with van der Waals surface area (Å²) < 4.78 is 20.9. The molecule has 1 fully saturated rings. The lowest BCUT2D eigenvalue weighted by Crippen LogP contribution is -2.40. The molecule has 4 nitrogen and oxygen atoms in total. The van der Waals surface area contributed by atoms with Crippen LogP contribution < -0.4 is 15.4 Å². The molecule has 1 amide bonds. The Hall–Kier alpha value is -2.70. The first-order valence-electron chi connectivity index (χ1n) is 14.1. The molecule has 6 heteroatoms. The Morgan fingerprint density at radius 2 is 1.72 bits per heavy atom. The number of halogens is 2. The van der Waals surface area contributed by atoms with Crippen molar-refractivity contribution in [3.8, 4) is 5.75 Å².